The lowest BCUT2D eigenvalue weighted by Gasteiger charge is -2.02. The highest BCUT2D eigenvalue weighted by atomic mass is 16.3. The molecule has 0 aliphatic carbocycles. The van der Waals surface area contributed by atoms with Gasteiger partial charge in [0, 0.05) is 17.5 Å². The Morgan fingerprint density at radius 3 is 2.50 bits per heavy atom. The highest BCUT2D eigenvalue weighted by Crippen LogP contribution is 2.29. The molecule has 0 bridgehead atoms. The van der Waals surface area contributed by atoms with Crippen molar-refractivity contribution in [3.8, 4) is 23.6 Å². The lowest BCUT2D eigenvalue weighted by molar-refractivity contribution is 0.617. The van der Waals surface area contributed by atoms with Crippen molar-refractivity contribution in [2.24, 2.45) is 0 Å². The zero-order valence-electron chi connectivity index (χ0n) is 13.3. The van der Waals surface area contributed by atoms with E-state index in [1.807, 2.05) is 62.4 Å². The zero-order valence-corrected chi connectivity index (χ0v) is 13.3. The standard InChI is InChI=1S/C19H14N4O/c1-12-3-5-15(6-4-12)19-23-17-8-16(7-13(2)18(17)24-19)22-11-14(9-20)10-21/h3-8,11,22H,1-2H3. The number of aryl methyl sites for hydroxylation is 2. The van der Waals surface area contributed by atoms with E-state index in [-0.39, 0.29) is 5.57 Å². The fraction of sp³-hybridized carbons (Fsp3) is 0.105. The summed E-state index contributed by atoms with van der Waals surface area (Å²) in [5.74, 6) is 0.565. The Morgan fingerprint density at radius 1 is 1.12 bits per heavy atom. The maximum atomic E-state index is 8.77. The topological polar surface area (TPSA) is 85.6 Å². The molecule has 5 heteroatoms. The minimum atomic E-state index is 0.00764. The van der Waals surface area contributed by atoms with E-state index in [1.54, 1.807) is 0 Å². The van der Waals surface area contributed by atoms with Crippen molar-refractivity contribution >= 4 is 16.8 Å². The molecule has 2 aromatic carbocycles. The van der Waals surface area contributed by atoms with Crippen molar-refractivity contribution in [3.63, 3.8) is 0 Å². The van der Waals surface area contributed by atoms with Crippen LogP contribution in [-0.4, -0.2) is 4.98 Å². The van der Waals surface area contributed by atoms with Gasteiger partial charge >= 0.3 is 0 Å². The van der Waals surface area contributed by atoms with Crippen LogP contribution in [0.2, 0.25) is 0 Å². The molecule has 0 aliphatic rings. The summed E-state index contributed by atoms with van der Waals surface area (Å²) in [4.78, 5) is 4.54. The van der Waals surface area contributed by atoms with Crippen LogP contribution >= 0.6 is 0 Å². The van der Waals surface area contributed by atoms with E-state index < -0.39 is 0 Å². The van der Waals surface area contributed by atoms with Gasteiger partial charge in [0.25, 0.3) is 0 Å². The van der Waals surface area contributed by atoms with Gasteiger partial charge in [-0.3, -0.25) is 0 Å². The van der Waals surface area contributed by atoms with Gasteiger partial charge in [-0.25, -0.2) is 4.98 Å². The van der Waals surface area contributed by atoms with Crippen LogP contribution in [0.4, 0.5) is 5.69 Å². The zero-order chi connectivity index (χ0) is 17.1. The van der Waals surface area contributed by atoms with Gasteiger partial charge in [-0.15, -0.1) is 0 Å². The van der Waals surface area contributed by atoms with Crippen LogP contribution in [0.3, 0.4) is 0 Å². The van der Waals surface area contributed by atoms with E-state index in [4.69, 9.17) is 14.9 Å². The molecule has 0 unspecified atom stereocenters. The number of nitrogens with zero attached hydrogens (tertiary/aromatic N) is 3. The van der Waals surface area contributed by atoms with Crippen LogP contribution < -0.4 is 5.32 Å². The summed E-state index contributed by atoms with van der Waals surface area (Å²) < 4.78 is 5.89. The summed E-state index contributed by atoms with van der Waals surface area (Å²) in [5.41, 5.74) is 5.21. The molecule has 0 saturated heterocycles. The van der Waals surface area contributed by atoms with Gasteiger partial charge < -0.3 is 9.73 Å². The van der Waals surface area contributed by atoms with Gasteiger partial charge in [0.2, 0.25) is 5.89 Å². The van der Waals surface area contributed by atoms with Crippen molar-refractivity contribution < 1.29 is 4.42 Å². The fourth-order valence-corrected chi connectivity index (χ4v) is 2.35. The maximum absolute atomic E-state index is 8.77. The Bertz CT molecular complexity index is 998. The van der Waals surface area contributed by atoms with Crippen LogP contribution in [0.25, 0.3) is 22.6 Å². The summed E-state index contributed by atoms with van der Waals surface area (Å²) in [6.45, 7) is 3.96. The number of hydrogen-bond donors (Lipinski definition) is 1. The number of allylic oxidation sites excluding steroid dienone is 1. The Morgan fingerprint density at radius 2 is 1.83 bits per heavy atom. The largest absolute Gasteiger partial charge is 0.436 e. The minimum absolute atomic E-state index is 0.00764. The first-order valence-corrected chi connectivity index (χ1v) is 7.36. The number of nitrogens with one attached hydrogen (secondary N) is 1. The lowest BCUT2D eigenvalue weighted by atomic mass is 10.1. The van der Waals surface area contributed by atoms with Crippen LogP contribution in [0.1, 0.15) is 11.1 Å². The maximum Gasteiger partial charge on any atom is 0.227 e. The van der Waals surface area contributed by atoms with Crippen molar-refractivity contribution in [3.05, 3.63) is 59.3 Å². The van der Waals surface area contributed by atoms with E-state index in [0.29, 0.717) is 5.89 Å². The van der Waals surface area contributed by atoms with Crippen LogP contribution in [0.5, 0.6) is 0 Å². The van der Waals surface area contributed by atoms with Gasteiger partial charge in [-0.2, -0.15) is 10.5 Å². The molecular formula is C19H14N4O. The highest BCUT2D eigenvalue weighted by molar-refractivity contribution is 5.83. The first-order valence-electron chi connectivity index (χ1n) is 7.36. The Balaban J connectivity index is 2.00. The molecule has 0 fully saturated rings. The van der Waals surface area contributed by atoms with E-state index in [9.17, 15) is 0 Å². The molecule has 1 N–H and O–H groups in total. The van der Waals surface area contributed by atoms with Gasteiger partial charge in [-0.1, -0.05) is 17.7 Å². The number of oxazole rings is 1. The Hall–Kier alpha value is -3.57. The number of rotatable bonds is 3. The molecule has 116 valence electrons. The Labute approximate surface area is 139 Å². The van der Waals surface area contributed by atoms with Crippen molar-refractivity contribution in [1.29, 1.82) is 10.5 Å². The van der Waals surface area contributed by atoms with Crippen LogP contribution in [0.15, 0.2) is 52.6 Å². The van der Waals surface area contributed by atoms with E-state index >= 15 is 0 Å². The summed E-state index contributed by atoms with van der Waals surface area (Å²) in [6, 6.07) is 15.3. The molecule has 0 amide bonds. The van der Waals surface area contributed by atoms with Gasteiger partial charge in [-0.05, 0) is 43.7 Å². The number of benzene rings is 2. The normalized spacial score (nSPS) is 10.0. The molecule has 24 heavy (non-hydrogen) atoms. The van der Waals surface area contributed by atoms with Crippen molar-refractivity contribution in [2.45, 2.75) is 13.8 Å². The quantitative estimate of drug-likeness (QED) is 0.721. The molecule has 0 spiro atoms. The second kappa shape index (κ2) is 6.28. The SMILES string of the molecule is Cc1ccc(-c2nc3cc(NC=C(C#N)C#N)cc(C)c3o2)cc1. The summed E-state index contributed by atoms with van der Waals surface area (Å²) in [7, 11) is 0. The van der Waals surface area contributed by atoms with Gasteiger partial charge in [0.05, 0.1) is 0 Å². The molecule has 5 nitrogen and oxygen atoms in total. The average Bonchev–Trinajstić information content (AvgIpc) is 3.01. The predicted molar refractivity (Wildman–Crippen MR) is 91.9 cm³/mol. The molecular weight excluding hydrogens is 300 g/mol. The molecule has 3 rings (SSSR count). The summed E-state index contributed by atoms with van der Waals surface area (Å²) in [5, 5.41) is 20.5. The monoisotopic (exact) mass is 314 g/mol. The lowest BCUT2D eigenvalue weighted by Crippen LogP contribution is -1.91. The van der Waals surface area contributed by atoms with E-state index in [2.05, 4.69) is 10.3 Å². The number of anilines is 1. The smallest absolute Gasteiger partial charge is 0.227 e. The number of nitriles is 2. The molecule has 0 radical (unpaired) electrons. The second-order valence-corrected chi connectivity index (χ2v) is 5.45. The van der Waals surface area contributed by atoms with E-state index in [0.717, 1.165) is 27.9 Å². The first-order chi connectivity index (χ1) is 11.6. The van der Waals surface area contributed by atoms with Gasteiger partial charge in [0.1, 0.15) is 23.2 Å². The third kappa shape index (κ3) is 2.97. The van der Waals surface area contributed by atoms with Crippen LogP contribution in [-0.2, 0) is 0 Å². The number of fused-ring (bicyclic) bond motifs is 1. The highest BCUT2D eigenvalue weighted by Gasteiger charge is 2.11. The second-order valence-electron chi connectivity index (χ2n) is 5.45. The predicted octanol–water partition coefficient (Wildman–Crippen LogP) is 4.45. The molecule has 0 saturated carbocycles. The Kier molecular flexibility index (Phi) is 4.01. The molecule has 1 heterocycles. The number of aromatic nitrogens is 1. The molecule has 1 aromatic heterocycles. The number of hydrogen-bond acceptors (Lipinski definition) is 5. The van der Waals surface area contributed by atoms with Crippen molar-refractivity contribution in [1.82, 2.24) is 4.98 Å². The molecule has 3 aromatic rings. The minimum Gasteiger partial charge on any atom is -0.436 e. The van der Waals surface area contributed by atoms with E-state index in [1.165, 1.54) is 11.8 Å². The van der Waals surface area contributed by atoms with Gasteiger partial charge in [0.15, 0.2) is 5.58 Å². The first kappa shape index (κ1) is 15.3. The average molecular weight is 314 g/mol. The molecule has 0 atom stereocenters. The third-order valence-corrected chi connectivity index (χ3v) is 3.60. The summed E-state index contributed by atoms with van der Waals surface area (Å²) >= 11 is 0. The fourth-order valence-electron chi connectivity index (χ4n) is 2.35. The third-order valence-electron chi connectivity index (χ3n) is 3.60. The van der Waals surface area contributed by atoms with Crippen LogP contribution in [0, 0.1) is 36.5 Å². The molecule has 0 aliphatic heterocycles. The summed E-state index contributed by atoms with van der Waals surface area (Å²) in [6.07, 6.45) is 1.38. The van der Waals surface area contributed by atoms with Crippen molar-refractivity contribution in [2.75, 3.05) is 5.32 Å².